The minimum absolute atomic E-state index is 0.0575. The molecule has 12 heavy (non-hydrogen) atoms. The zero-order chi connectivity index (χ0) is 9.78. The van der Waals surface area contributed by atoms with Crippen LogP contribution in [0.5, 0.6) is 0 Å². The summed E-state index contributed by atoms with van der Waals surface area (Å²) in [5, 5.41) is -0.905. The molecule has 1 unspecified atom stereocenters. The van der Waals surface area contributed by atoms with Gasteiger partial charge in [0.05, 0.1) is 6.61 Å². The summed E-state index contributed by atoms with van der Waals surface area (Å²) in [5.41, 5.74) is 0. The van der Waals surface area contributed by atoms with Crippen LogP contribution >= 0.6 is 46.4 Å². The first-order valence-corrected chi connectivity index (χ1v) is 4.81. The molecular weight excluding hydrogens is 246 g/mol. The highest BCUT2D eigenvalue weighted by Gasteiger charge is 2.29. The molecule has 0 aromatic heterocycles. The van der Waals surface area contributed by atoms with Gasteiger partial charge in [0.2, 0.25) is 0 Å². The van der Waals surface area contributed by atoms with Crippen LogP contribution in [-0.4, -0.2) is 21.7 Å². The molecule has 0 heterocycles. The van der Waals surface area contributed by atoms with Crippen LogP contribution in [0.3, 0.4) is 0 Å². The Morgan fingerprint density at radius 2 is 2.00 bits per heavy atom. The zero-order valence-corrected chi connectivity index (χ0v) is 9.34. The Kier molecular flexibility index (Phi) is 5.66. The van der Waals surface area contributed by atoms with E-state index in [9.17, 15) is 4.79 Å². The van der Waals surface area contributed by atoms with Crippen LogP contribution in [0.2, 0.25) is 0 Å². The molecule has 0 fully saturated rings. The number of alkyl halides is 4. The van der Waals surface area contributed by atoms with Crippen LogP contribution in [0.25, 0.3) is 0 Å². The third kappa shape index (κ3) is 6.18. The molecule has 0 aromatic carbocycles. The molecule has 72 valence electrons. The molecule has 0 aliphatic carbocycles. The molecule has 2 nitrogen and oxygen atoms in total. The summed E-state index contributed by atoms with van der Waals surface area (Å²) in [4.78, 5) is 10.9. The maximum absolute atomic E-state index is 10.9. The predicted molar refractivity (Wildman–Crippen MR) is 51.2 cm³/mol. The van der Waals surface area contributed by atoms with Gasteiger partial charge in [-0.2, -0.15) is 0 Å². The molecule has 0 aliphatic rings. The van der Waals surface area contributed by atoms with E-state index < -0.39 is 15.1 Å². The lowest BCUT2D eigenvalue weighted by molar-refractivity contribution is -0.142. The number of carbonyl (C=O) groups is 1. The normalized spacial score (nSPS) is 14.1. The van der Waals surface area contributed by atoms with E-state index in [1.54, 1.807) is 6.92 Å². The fourth-order valence-electron chi connectivity index (χ4n) is 0.519. The molecule has 0 saturated heterocycles. The predicted octanol–water partition coefficient (Wildman–Crippen LogP) is 2.92. The van der Waals surface area contributed by atoms with E-state index in [0.29, 0.717) is 0 Å². The Bertz CT molecular complexity index is 154. The van der Waals surface area contributed by atoms with E-state index in [4.69, 9.17) is 46.4 Å². The maximum atomic E-state index is 10.9. The van der Waals surface area contributed by atoms with Gasteiger partial charge < -0.3 is 4.74 Å². The standard InChI is InChI=1S/C6H8Cl4O2/c1-2-12-5(11)4(7)3-6(8,9)10/h4H,2-3H2,1H3. The van der Waals surface area contributed by atoms with Gasteiger partial charge in [0.25, 0.3) is 0 Å². The van der Waals surface area contributed by atoms with Crippen molar-refractivity contribution in [1.82, 2.24) is 0 Å². The molecule has 0 spiro atoms. The molecule has 0 aromatic rings. The number of carbonyl (C=O) groups excluding carboxylic acids is 1. The topological polar surface area (TPSA) is 26.3 Å². The summed E-state index contributed by atoms with van der Waals surface area (Å²) in [7, 11) is 0. The summed E-state index contributed by atoms with van der Waals surface area (Å²) in [6.07, 6.45) is -0.0575. The first-order chi connectivity index (χ1) is 5.37. The number of ether oxygens (including phenoxy) is 1. The third-order valence-corrected chi connectivity index (χ3v) is 1.75. The second kappa shape index (κ2) is 5.38. The first-order valence-electron chi connectivity index (χ1n) is 3.24. The van der Waals surface area contributed by atoms with Gasteiger partial charge in [0, 0.05) is 6.42 Å². The van der Waals surface area contributed by atoms with Crippen molar-refractivity contribution in [3.8, 4) is 0 Å². The van der Waals surface area contributed by atoms with Gasteiger partial charge in [-0.05, 0) is 6.92 Å². The molecule has 0 N–H and O–H groups in total. The number of halogens is 4. The smallest absolute Gasteiger partial charge is 0.324 e. The van der Waals surface area contributed by atoms with Crippen LogP contribution in [0.15, 0.2) is 0 Å². The molecule has 1 atom stereocenters. The fraction of sp³-hybridized carbons (Fsp3) is 0.833. The van der Waals surface area contributed by atoms with Gasteiger partial charge >= 0.3 is 5.97 Å². The van der Waals surface area contributed by atoms with Crippen molar-refractivity contribution in [1.29, 1.82) is 0 Å². The third-order valence-electron chi connectivity index (χ3n) is 0.953. The summed E-state index contributed by atoms with van der Waals surface area (Å²) < 4.78 is 3.09. The average Bonchev–Trinajstić information content (AvgIpc) is 1.84. The summed E-state index contributed by atoms with van der Waals surface area (Å²) in [6, 6.07) is 0. The molecular formula is C6H8Cl4O2. The monoisotopic (exact) mass is 252 g/mol. The van der Waals surface area contributed by atoms with E-state index in [0.717, 1.165) is 0 Å². The summed E-state index contributed by atoms with van der Waals surface area (Å²) in [6.45, 7) is 1.94. The quantitative estimate of drug-likeness (QED) is 0.571. The van der Waals surface area contributed by atoms with Crippen molar-refractivity contribution >= 4 is 52.4 Å². The number of hydrogen-bond acceptors (Lipinski definition) is 2. The van der Waals surface area contributed by atoms with Crippen molar-refractivity contribution in [3.63, 3.8) is 0 Å². The zero-order valence-electron chi connectivity index (χ0n) is 6.32. The minimum atomic E-state index is -1.51. The molecule has 0 saturated carbocycles. The van der Waals surface area contributed by atoms with Crippen molar-refractivity contribution in [2.24, 2.45) is 0 Å². The van der Waals surface area contributed by atoms with Crippen molar-refractivity contribution in [2.45, 2.75) is 22.5 Å². The van der Waals surface area contributed by atoms with E-state index in [2.05, 4.69) is 4.74 Å². The molecule has 0 radical (unpaired) electrons. The lowest BCUT2D eigenvalue weighted by Crippen LogP contribution is -2.23. The van der Waals surface area contributed by atoms with Gasteiger partial charge in [0.1, 0.15) is 5.38 Å². The SMILES string of the molecule is CCOC(=O)C(Cl)CC(Cl)(Cl)Cl. The van der Waals surface area contributed by atoms with Gasteiger partial charge in [-0.15, -0.1) is 11.6 Å². The summed E-state index contributed by atoms with van der Waals surface area (Å²) in [5.74, 6) is -0.564. The van der Waals surface area contributed by atoms with E-state index in [-0.39, 0.29) is 13.0 Å². The molecule has 6 heteroatoms. The van der Waals surface area contributed by atoms with Gasteiger partial charge in [0.15, 0.2) is 3.79 Å². The van der Waals surface area contributed by atoms with Crippen LogP contribution in [0.4, 0.5) is 0 Å². The van der Waals surface area contributed by atoms with Crippen molar-refractivity contribution in [3.05, 3.63) is 0 Å². The lowest BCUT2D eigenvalue weighted by atomic mass is 10.3. The van der Waals surface area contributed by atoms with Crippen molar-refractivity contribution < 1.29 is 9.53 Å². The van der Waals surface area contributed by atoms with Crippen LogP contribution in [-0.2, 0) is 9.53 Å². The van der Waals surface area contributed by atoms with Crippen LogP contribution < -0.4 is 0 Å². The Balaban J connectivity index is 3.87. The maximum Gasteiger partial charge on any atom is 0.324 e. The Morgan fingerprint density at radius 3 is 2.33 bits per heavy atom. The Labute approximate surface area is 91.1 Å². The minimum Gasteiger partial charge on any atom is -0.465 e. The first kappa shape index (κ1) is 12.6. The highest BCUT2D eigenvalue weighted by atomic mass is 35.6. The number of esters is 1. The molecule has 0 rings (SSSR count). The molecule has 0 aliphatic heterocycles. The fourth-order valence-corrected chi connectivity index (χ4v) is 1.51. The average molecular weight is 254 g/mol. The lowest BCUT2D eigenvalue weighted by Gasteiger charge is -2.13. The van der Waals surface area contributed by atoms with Crippen molar-refractivity contribution in [2.75, 3.05) is 6.61 Å². The molecule has 0 bridgehead atoms. The van der Waals surface area contributed by atoms with Crippen LogP contribution in [0.1, 0.15) is 13.3 Å². The Hall–Kier alpha value is 0.630. The van der Waals surface area contributed by atoms with Gasteiger partial charge in [-0.3, -0.25) is 4.79 Å². The highest BCUT2D eigenvalue weighted by molar-refractivity contribution is 6.67. The van der Waals surface area contributed by atoms with E-state index >= 15 is 0 Å². The largest absolute Gasteiger partial charge is 0.465 e. The molecule has 0 amide bonds. The highest BCUT2D eigenvalue weighted by Crippen LogP contribution is 2.33. The van der Waals surface area contributed by atoms with Crippen LogP contribution in [0, 0.1) is 0 Å². The van der Waals surface area contributed by atoms with E-state index in [1.807, 2.05) is 0 Å². The number of hydrogen-bond donors (Lipinski definition) is 0. The van der Waals surface area contributed by atoms with Gasteiger partial charge in [-0.25, -0.2) is 0 Å². The second-order valence-electron chi connectivity index (χ2n) is 2.04. The van der Waals surface area contributed by atoms with Gasteiger partial charge in [-0.1, -0.05) is 34.8 Å². The van der Waals surface area contributed by atoms with E-state index in [1.165, 1.54) is 0 Å². The number of rotatable bonds is 3. The summed E-state index contributed by atoms with van der Waals surface area (Å²) >= 11 is 21.8. The second-order valence-corrected chi connectivity index (χ2v) is 5.08. The Morgan fingerprint density at radius 1 is 1.50 bits per heavy atom.